The van der Waals surface area contributed by atoms with Gasteiger partial charge in [-0.2, -0.15) is 0 Å². The standard InChI is InChI=1S/C8H10O3S.Na/c1-7-4-2-3-5-8(7)6-12(9,10)11;/h2-5H,6H2,1H3,(H,9,10,11);/q;+1/p-1. The molecule has 0 radical (unpaired) electrons. The van der Waals surface area contributed by atoms with Crippen molar-refractivity contribution in [1.82, 2.24) is 0 Å². The Morgan fingerprint density at radius 3 is 2.31 bits per heavy atom. The first kappa shape index (κ1) is 13.1. The van der Waals surface area contributed by atoms with Crippen LogP contribution >= 0.6 is 0 Å². The number of rotatable bonds is 2. The summed E-state index contributed by atoms with van der Waals surface area (Å²) in [6.45, 7) is 1.78. The van der Waals surface area contributed by atoms with Crippen molar-refractivity contribution in [1.29, 1.82) is 0 Å². The first-order valence-corrected chi connectivity index (χ1v) is 5.05. The zero-order valence-corrected chi connectivity index (χ0v) is 10.5. The molecule has 0 aliphatic rings. The van der Waals surface area contributed by atoms with Gasteiger partial charge in [0.05, 0.1) is 15.9 Å². The van der Waals surface area contributed by atoms with Gasteiger partial charge in [0.15, 0.2) is 0 Å². The fraction of sp³-hybridized carbons (Fsp3) is 0.250. The summed E-state index contributed by atoms with van der Waals surface area (Å²) in [6, 6.07) is 6.94. The zero-order valence-electron chi connectivity index (χ0n) is 7.65. The van der Waals surface area contributed by atoms with E-state index in [4.69, 9.17) is 0 Å². The van der Waals surface area contributed by atoms with E-state index in [-0.39, 0.29) is 29.6 Å². The quantitative estimate of drug-likeness (QED) is 0.419. The summed E-state index contributed by atoms with van der Waals surface area (Å²) in [6.07, 6.45) is 0. The Morgan fingerprint density at radius 1 is 1.31 bits per heavy atom. The van der Waals surface area contributed by atoms with E-state index in [0.717, 1.165) is 5.56 Å². The molecule has 0 saturated carbocycles. The topological polar surface area (TPSA) is 57.2 Å². The summed E-state index contributed by atoms with van der Waals surface area (Å²) in [5, 5.41) is 0. The minimum Gasteiger partial charge on any atom is -0.748 e. The Morgan fingerprint density at radius 2 is 1.85 bits per heavy atom. The molecule has 0 amide bonds. The molecule has 13 heavy (non-hydrogen) atoms. The molecule has 0 atom stereocenters. The van der Waals surface area contributed by atoms with Gasteiger partial charge in [-0.3, -0.25) is 0 Å². The molecule has 0 unspecified atom stereocenters. The van der Waals surface area contributed by atoms with Crippen LogP contribution in [0.5, 0.6) is 0 Å². The number of hydrogen-bond acceptors (Lipinski definition) is 3. The second-order valence-electron chi connectivity index (χ2n) is 2.63. The third-order valence-corrected chi connectivity index (χ3v) is 2.26. The van der Waals surface area contributed by atoms with Crippen LogP contribution in [0.4, 0.5) is 0 Å². The van der Waals surface area contributed by atoms with Crippen molar-refractivity contribution >= 4 is 10.1 Å². The van der Waals surface area contributed by atoms with E-state index in [1.54, 1.807) is 31.2 Å². The molecule has 0 aliphatic heterocycles. The van der Waals surface area contributed by atoms with Gasteiger partial charge >= 0.3 is 29.6 Å². The van der Waals surface area contributed by atoms with Crippen molar-refractivity contribution in [2.45, 2.75) is 12.7 Å². The van der Waals surface area contributed by atoms with Gasteiger partial charge in [0.2, 0.25) is 0 Å². The SMILES string of the molecule is Cc1ccccc1CS(=O)(=O)[O-].[Na+]. The second kappa shape index (κ2) is 5.12. The molecule has 0 N–H and O–H groups in total. The molecule has 0 aliphatic carbocycles. The first-order valence-electron chi connectivity index (χ1n) is 3.47. The van der Waals surface area contributed by atoms with E-state index in [1.165, 1.54) is 0 Å². The molecular formula is C8H9NaO3S. The van der Waals surface area contributed by atoms with Crippen molar-refractivity contribution < 1.29 is 42.5 Å². The molecule has 0 spiro atoms. The third-order valence-electron chi connectivity index (χ3n) is 1.59. The maximum Gasteiger partial charge on any atom is 1.00 e. The normalized spacial score (nSPS) is 10.6. The molecule has 3 nitrogen and oxygen atoms in total. The summed E-state index contributed by atoms with van der Waals surface area (Å²) in [7, 11) is -4.15. The zero-order chi connectivity index (χ0) is 9.19. The Hall–Kier alpha value is 0.130. The van der Waals surface area contributed by atoms with Crippen LogP contribution in [0, 0.1) is 6.92 Å². The van der Waals surface area contributed by atoms with Crippen molar-refractivity contribution in [3.05, 3.63) is 35.4 Å². The summed E-state index contributed by atoms with van der Waals surface area (Å²) in [5.41, 5.74) is 1.41. The number of hydrogen-bond donors (Lipinski definition) is 0. The molecule has 0 aromatic heterocycles. The van der Waals surface area contributed by atoms with Crippen LogP contribution in [0.3, 0.4) is 0 Å². The maximum absolute atomic E-state index is 10.4. The van der Waals surface area contributed by atoms with Crippen LogP contribution in [0.1, 0.15) is 11.1 Å². The molecule has 0 saturated heterocycles. The van der Waals surface area contributed by atoms with Gasteiger partial charge in [0.1, 0.15) is 0 Å². The molecule has 0 heterocycles. The van der Waals surface area contributed by atoms with Gasteiger partial charge in [-0.05, 0) is 18.1 Å². The number of benzene rings is 1. The Balaban J connectivity index is 0.00000144. The summed E-state index contributed by atoms with van der Waals surface area (Å²) < 4.78 is 31.2. The number of aryl methyl sites for hydroxylation is 1. The van der Waals surface area contributed by atoms with Gasteiger partial charge in [-0.25, -0.2) is 8.42 Å². The Bertz CT molecular complexity index is 373. The van der Waals surface area contributed by atoms with E-state index in [1.807, 2.05) is 0 Å². The van der Waals surface area contributed by atoms with Gasteiger partial charge < -0.3 is 4.55 Å². The summed E-state index contributed by atoms with van der Waals surface area (Å²) in [5.74, 6) is -0.417. The van der Waals surface area contributed by atoms with Crippen molar-refractivity contribution in [2.75, 3.05) is 0 Å². The average molecular weight is 208 g/mol. The average Bonchev–Trinajstić information content (AvgIpc) is 1.91. The van der Waals surface area contributed by atoms with Crippen molar-refractivity contribution in [2.24, 2.45) is 0 Å². The van der Waals surface area contributed by atoms with Gasteiger partial charge in [-0.1, -0.05) is 24.3 Å². The molecule has 1 rings (SSSR count). The molecule has 66 valence electrons. The van der Waals surface area contributed by atoms with Crippen LogP contribution in [-0.2, 0) is 15.9 Å². The second-order valence-corrected chi connectivity index (χ2v) is 4.03. The molecule has 0 fully saturated rings. The van der Waals surface area contributed by atoms with E-state index >= 15 is 0 Å². The Labute approximate surface area is 100 Å². The smallest absolute Gasteiger partial charge is 0.748 e. The minimum absolute atomic E-state index is 0. The monoisotopic (exact) mass is 208 g/mol. The van der Waals surface area contributed by atoms with E-state index in [2.05, 4.69) is 0 Å². The predicted molar refractivity (Wildman–Crippen MR) is 44.6 cm³/mol. The van der Waals surface area contributed by atoms with Crippen LogP contribution in [-0.4, -0.2) is 13.0 Å². The van der Waals surface area contributed by atoms with Crippen LogP contribution in [0.2, 0.25) is 0 Å². The molecule has 1 aromatic rings. The maximum atomic E-state index is 10.4. The molecule has 1 aromatic carbocycles. The van der Waals surface area contributed by atoms with Crippen LogP contribution in [0.25, 0.3) is 0 Å². The fourth-order valence-electron chi connectivity index (χ4n) is 0.962. The van der Waals surface area contributed by atoms with E-state index in [9.17, 15) is 13.0 Å². The first-order chi connectivity index (χ1) is 5.49. The van der Waals surface area contributed by atoms with E-state index < -0.39 is 15.9 Å². The third kappa shape index (κ3) is 4.78. The minimum atomic E-state index is -4.15. The molecule has 5 heteroatoms. The van der Waals surface area contributed by atoms with Crippen molar-refractivity contribution in [3.8, 4) is 0 Å². The summed E-state index contributed by atoms with van der Waals surface area (Å²) in [4.78, 5) is 0. The largest absolute Gasteiger partial charge is 1.00 e. The van der Waals surface area contributed by atoms with Crippen molar-refractivity contribution in [3.63, 3.8) is 0 Å². The predicted octanol–water partition coefficient (Wildman–Crippen LogP) is -1.96. The van der Waals surface area contributed by atoms with Gasteiger partial charge in [-0.15, -0.1) is 0 Å². The van der Waals surface area contributed by atoms with E-state index in [0.29, 0.717) is 5.56 Å². The van der Waals surface area contributed by atoms with Crippen LogP contribution < -0.4 is 29.6 Å². The van der Waals surface area contributed by atoms with Gasteiger partial charge in [0, 0.05) is 0 Å². The van der Waals surface area contributed by atoms with Gasteiger partial charge in [0.25, 0.3) is 0 Å². The van der Waals surface area contributed by atoms with Crippen LogP contribution in [0.15, 0.2) is 24.3 Å². The molecule has 0 bridgehead atoms. The molecular weight excluding hydrogens is 199 g/mol. The Kier molecular flexibility index (Phi) is 5.17. The fourth-order valence-corrected chi connectivity index (χ4v) is 1.67. The summed E-state index contributed by atoms with van der Waals surface area (Å²) >= 11 is 0.